The first kappa shape index (κ1) is 20.8. The van der Waals surface area contributed by atoms with Crippen LogP contribution in [0.25, 0.3) is 10.2 Å². The number of thiophene rings is 1. The molecule has 0 unspecified atom stereocenters. The SMILES string of the molecule is Cc1c(C(=O)N[C@@H](c2ccccn2)C(F)(F)F)sc2ncnc(NCc3ccco3)c12. The number of carbonyl (C=O) groups excluding carboxylic acids is 1. The summed E-state index contributed by atoms with van der Waals surface area (Å²) in [5, 5.41) is 5.75. The number of hydrogen-bond acceptors (Lipinski definition) is 7. The van der Waals surface area contributed by atoms with Crippen LogP contribution in [0.5, 0.6) is 0 Å². The summed E-state index contributed by atoms with van der Waals surface area (Å²) in [6.45, 7) is 2.00. The highest BCUT2D eigenvalue weighted by molar-refractivity contribution is 7.20. The maximum absolute atomic E-state index is 13.6. The third-order valence-electron chi connectivity index (χ3n) is 4.53. The molecule has 7 nitrogen and oxygen atoms in total. The molecular weight excluding hydrogens is 431 g/mol. The molecule has 4 heterocycles. The van der Waals surface area contributed by atoms with E-state index in [9.17, 15) is 18.0 Å². The molecule has 0 radical (unpaired) electrons. The van der Waals surface area contributed by atoms with Crippen molar-refractivity contribution >= 4 is 33.3 Å². The summed E-state index contributed by atoms with van der Waals surface area (Å²) in [6, 6.07) is 5.48. The summed E-state index contributed by atoms with van der Waals surface area (Å²) in [5.41, 5.74) is 0.199. The number of amides is 1. The fourth-order valence-corrected chi connectivity index (χ4v) is 4.12. The molecule has 0 aliphatic rings. The van der Waals surface area contributed by atoms with E-state index in [2.05, 4.69) is 25.6 Å². The minimum atomic E-state index is -4.70. The highest BCUT2D eigenvalue weighted by Gasteiger charge is 2.43. The number of aryl methyl sites for hydroxylation is 1. The van der Waals surface area contributed by atoms with Crippen LogP contribution in [-0.2, 0) is 6.54 Å². The third kappa shape index (κ3) is 4.36. The van der Waals surface area contributed by atoms with Crippen LogP contribution in [0.2, 0.25) is 0 Å². The lowest BCUT2D eigenvalue weighted by atomic mass is 10.1. The van der Waals surface area contributed by atoms with Crippen LogP contribution in [-0.4, -0.2) is 27.0 Å². The summed E-state index contributed by atoms with van der Waals surface area (Å²) in [6.07, 6.45) is -0.581. The van der Waals surface area contributed by atoms with Crippen LogP contribution in [0.4, 0.5) is 19.0 Å². The smallest absolute Gasteiger partial charge is 0.414 e. The molecule has 160 valence electrons. The number of fused-ring (bicyclic) bond motifs is 1. The average Bonchev–Trinajstić information content (AvgIpc) is 3.38. The van der Waals surface area contributed by atoms with Crippen molar-refractivity contribution in [3.8, 4) is 0 Å². The van der Waals surface area contributed by atoms with Crippen LogP contribution in [0.1, 0.15) is 32.7 Å². The van der Waals surface area contributed by atoms with Gasteiger partial charge >= 0.3 is 6.18 Å². The maximum Gasteiger partial charge on any atom is 0.414 e. The van der Waals surface area contributed by atoms with E-state index in [-0.39, 0.29) is 10.6 Å². The van der Waals surface area contributed by atoms with Gasteiger partial charge in [0.05, 0.1) is 28.8 Å². The van der Waals surface area contributed by atoms with E-state index >= 15 is 0 Å². The molecule has 0 saturated carbocycles. The van der Waals surface area contributed by atoms with Crippen molar-refractivity contribution in [2.24, 2.45) is 0 Å². The summed E-state index contributed by atoms with van der Waals surface area (Å²) in [7, 11) is 0. The number of halogens is 3. The van der Waals surface area contributed by atoms with Gasteiger partial charge in [-0.25, -0.2) is 9.97 Å². The van der Waals surface area contributed by atoms with E-state index in [4.69, 9.17) is 4.42 Å². The molecule has 0 saturated heterocycles. The van der Waals surface area contributed by atoms with E-state index in [1.54, 1.807) is 25.3 Å². The molecule has 0 aliphatic carbocycles. The Morgan fingerprint density at radius 3 is 2.71 bits per heavy atom. The van der Waals surface area contributed by atoms with Gasteiger partial charge in [-0.1, -0.05) is 6.07 Å². The molecule has 11 heteroatoms. The zero-order valence-corrected chi connectivity index (χ0v) is 16.9. The van der Waals surface area contributed by atoms with Gasteiger partial charge < -0.3 is 15.1 Å². The molecule has 0 fully saturated rings. The number of anilines is 1. The lowest BCUT2D eigenvalue weighted by Gasteiger charge is -2.21. The van der Waals surface area contributed by atoms with Gasteiger partial charge in [-0.3, -0.25) is 9.78 Å². The molecule has 2 N–H and O–H groups in total. The topological polar surface area (TPSA) is 92.9 Å². The third-order valence-corrected chi connectivity index (χ3v) is 5.73. The number of rotatable bonds is 6. The van der Waals surface area contributed by atoms with Gasteiger partial charge in [-0.2, -0.15) is 13.2 Å². The van der Waals surface area contributed by atoms with Crippen molar-refractivity contribution in [3.63, 3.8) is 0 Å². The number of alkyl halides is 3. The van der Waals surface area contributed by atoms with Crippen LogP contribution in [0.3, 0.4) is 0 Å². The normalized spacial score (nSPS) is 12.6. The fraction of sp³-hybridized carbons (Fsp3) is 0.200. The predicted octanol–water partition coefficient (Wildman–Crippen LogP) is 4.63. The molecule has 0 spiro atoms. The Balaban J connectivity index is 1.63. The summed E-state index contributed by atoms with van der Waals surface area (Å²) < 4.78 is 46.1. The minimum absolute atomic E-state index is 0.127. The predicted molar refractivity (Wildman–Crippen MR) is 109 cm³/mol. The largest absolute Gasteiger partial charge is 0.467 e. The fourth-order valence-electron chi connectivity index (χ4n) is 3.07. The van der Waals surface area contributed by atoms with Gasteiger partial charge in [-0.05, 0) is 36.8 Å². The monoisotopic (exact) mass is 447 g/mol. The van der Waals surface area contributed by atoms with Crippen molar-refractivity contribution in [2.75, 3.05) is 5.32 Å². The summed E-state index contributed by atoms with van der Waals surface area (Å²) in [4.78, 5) is 25.5. The van der Waals surface area contributed by atoms with Gasteiger partial charge in [0.25, 0.3) is 5.91 Å². The number of nitrogens with zero attached hydrogens (tertiary/aromatic N) is 3. The van der Waals surface area contributed by atoms with E-state index < -0.39 is 18.1 Å². The Hall–Kier alpha value is -3.47. The summed E-state index contributed by atoms with van der Waals surface area (Å²) >= 11 is 1.00. The Labute approximate surface area is 178 Å². The molecule has 1 amide bonds. The molecule has 31 heavy (non-hydrogen) atoms. The number of aromatic nitrogens is 3. The first-order chi connectivity index (χ1) is 14.8. The van der Waals surface area contributed by atoms with Crippen molar-refractivity contribution < 1.29 is 22.4 Å². The molecule has 4 aromatic heterocycles. The molecule has 0 bridgehead atoms. The molecule has 0 aliphatic heterocycles. The van der Waals surface area contributed by atoms with Gasteiger partial charge in [0, 0.05) is 6.20 Å². The Morgan fingerprint density at radius 2 is 2.03 bits per heavy atom. The standard InChI is InChI=1S/C20H16F3N5O2S/c1-11-14-17(25-9-12-5-4-8-30-12)26-10-27-19(14)31-15(11)18(29)28-16(20(21,22)23)13-6-2-3-7-24-13/h2-8,10,16H,9H2,1H3,(H,28,29)(H,25,26,27)/t16-/m0/s1. The van der Waals surface area contributed by atoms with E-state index in [0.717, 1.165) is 11.3 Å². The number of pyridine rings is 1. The lowest BCUT2D eigenvalue weighted by molar-refractivity contribution is -0.156. The van der Waals surface area contributed by atoms with E-state index in [1.165, 1.54) is 30.7 Å². The number of nitrogens with one attached hydrogen (secondary N) is 2. The lowest BCUT2D eigenvalue weighted by Crippen LogP contribution is -2.38. The van der Waals surface area contributed by atoms with Crippen LogP contribution in [0.15, 0.2) is 53.5 Å². The van der Waals surface area contributed by atoms with Crippen molar-refractivity contribution in [1.29, 1.82) is 0 Å². The minimum Gasteiger partial charge on any atom is -0.467 e. The van der Waals surface area contributed by atoms with Crippen molar-refractivity contribution in [2.45, 2.75) is 25.7 Å². The number of hydrogen-bond donors (Lipinski definition) is 2. The highest BCUT2D eigenvalue weighted by atomic mass is 32.1. The second kappa shape index (κ2) is 8.34. The Kier molecular flexibility index (Phi) is 5.59. The van der Waals surface area contributed by atoms with E-state index in [1.807, 2.05) is 0 Å². The first-order valence-electron chi connectivity index (χ1n) is 9.13. The average molecular weight is 447 g/mol. The highest BCUT2D eigenvalue weighted by Crippen LogP contribution is 2.36. The van der Waals surface area contributed by atoms with Gasteiger partial charge in [0.2, 0.25) is 0 Å². The summed E-state index contributed by atoms with van der Waals surface area (Å²) in [5.74, 6) is 0.290. The molecule has 0 aromatic carbocycles. The van der Waals surface area contributed by atoms with Crippen molar-refractivity contribution in [1.82, 2.24) is 20.3 Å². The number of furan rings is 1. The zero-order chi connectivity index (χ0) is 22.0. The second-order valence-corrected chi connectivity index (χ2v) is 7.59. The number of carbonyl (C=O) groups is 1. The zero-order valence-electron chi connectivity index (χ0n) is 16.1. The molecule has 4 rings (SSSR count). The Morgan fingerprint density at radius 1 is 1.19 bits per heavy atom. The molecule has 1 atom stereocenters. The van der Waals surface area contributed by atoms with Crippen LogP contribution < -0.4 is 10.6 Å². The van der Waals surface area contributed by atoms with Gasteiger partial charge in [-0.15, -0.1) is 11.3 Å². The van der Waals surface area contributed by atoms with Gasteiger partial charge in [0.15, 0.2) is 6.04 Å². The first-order valence-corrected chi connectivity index (χ1v) is 9.95. The molecular formula is C20H16F3N5O2S. The van der Waals surface area contributed by atoms with Crippen molar-refractivity contribution in [3.05, 3.63) is 71.0 Å². The van der Waals surface area contributed by atoms with Gasteiger partial charge in [0.1, 0.15) is 22.7 Å². The maximum atomic E-state index is 13.6. The molecule has 4 aromatic rings. The second-order valence-electron chi connectivity index (χ2n) is 6.59. The quantitative estimate of drug-likeness (QED) is 0.448. The van der Waals surface area contributed by atoms with Crippen LogP contribution in [0, 0.1) is 6.92 Å². The van der Waals surface area contributed by atoms with Crippen LogP contribution >= 0.6 is 11.3 Å². The Bertz CT molecular complexity index is 1190. The van der Waals surface area contributed by atoms with E-state index in [0.29, 0.717) is 33.9 Å².